The lowest BCUT2D eigenvalue weighted by Gasteiger charge is -2.20. The molecule has 0 aliphatic rings. The second-order valence-electron chi connectivity index (χ2n) is 3.96. The molecule has 0 amide bonds. The van der Waals surface area contributed by atoms with Crippen molar-refractivity contribution in [3.8, 4) is 0 Å². The summed E-state index contributed by atoms with van der Waals surface area (Å²) in [7, 11) is -3.42. The van der Waals surface area contributed by atoms with Crippen LogP contribution in [-0.4, -0.2) is 30.1 Å². The van der Waals surface area contributed by atoms with Crippen molar-refractivity contribution in [1.29, 1.82) is 0 Å². The van der Waals surface area contributed by atoms with Crippen molar-refractivity contribution in [2.24, 2.45) is 4.66 Å². The molecule has 0 fully saturated rings. The fraction of sp³-hybridized carbons (Fsp3) is 0.900. The van der Waals surface area contributed by atoms with Gasteiger partial charge in [-0.2, -0.15) is 13.2 Å². The van der Waals surface area contributed by atoms with Gasteiger partial charge in [-0.05, 0) is 24.2 Å². The molecule has 0 heterocycles. The average Bonchev–Trinajstić information content (AvgIpc) is 2.28. The largest absolute Gasteiger partial charge is 0.531 e. The molecule has 0 atom stereocenters. The van der Waals surface area contributed by atoms with Crippen LogP contribution in [0, 0.1) is 0 Å². The van der Waals surface area contributed by atoms with E-state index >= 15 is 0 Å². The van der Waals surface area contributed by atoms with Crippen molar-refractivity contribution in [3.05, 3.63) is 0 Å². The molecule has 0 saturated carbocycles. The van der Waals surface area contributed by atoms with Gasteiger partial charge in [0.05, 0.1) is 0 Å². The van der Waals surface area contributed by atoms with Crippen LogP contribution in [0.2, 0.25) is 24.2 Å². The molecule has 0 aliphatic heterocycles. The fourth-order valence-electron chi connectivity index (χ4n) is 1.42. The van der Waals surface area contributed by atoms with Gasteiger partial charge in [0, 0.05) is 0 Å². The van der Waals surface area contributed by atoms with E-state index in [4.69, 9.17) is 4.43 Å². The van der Waals surface area contributed by atoms with Gasteiger partial charge in [-0.1, -0.05) is 27.7 Å². The van der Waals surface area contributed by atoms with Crippen LogP contribution in [0.3, 0.4) is 0 Å². The molecule has 0 saturated heterocycles. The lowest BCUT2D eigenvalue weighted by Crippen LogP contribution is -2.33. The minimum atomic E-state index is -4.43. The third kappa shape index (κ3) is 6.25. The standard InChI is InChI=1S/C10H22F3NOSi2/c1-5-16(6-2)14-9(10(11,12)13)15-17(7-3)8-4/h16-17H,5-8H2,1-4H3/b14-9+. The molecule has 7 heteroatoms. The van der Waals surface area contributed by atoms with Gasteiger partial charge in [0.15, 0.2) is 8.96 Å². The zero-order chi connectivity index (χ0) is 13.5. The van der Waals surface area contributed by atoms with Crippen molar-refractivity contribution in [3.63, 3.8) is 0 Å². The highest BCUT2D eigenvalue weighted by molar-refractivity contribution is 6.59. The number of rotatable bonds is 6. The molecule has 0 unspecified atom stereocenters. The lowest BCUT2D eigenvalue weighted by atomic mass is 10.7. The average molecular weight is 285 g/mol. The second-order valence-corrected chi connectivity index (χ2v) is 10.3. The third-order valence-electron chi connectivity index (χ3n) is 2.67. The van der Waals surface area contributed by atoms with E-state index in [1.807, 2.05) is 27.7 Å². The van der Waals surface area contributed by atoms with E-state index in [0.717, 1.165) is 12.1 Å². The van der Waals surface area contributed by atoms with Gasteiger partial charge in [-0.25, -0.2) is 0 Å². The Balaban J connectivity index is 4.88. The number of halogens is 3. The van der Waals surface area contributed by atoms with E-state index in [1.54, 1.807) is 0 Å². The van der Waals surface area contributed by atoms with Crippen LogP contribution in [0.5, 0.6) is 0 Å². The van der Waals surface area contributed by atoms with Crippen LogP contribution in [0.25, 0.3) is 0 Å². The van der Waals surface area contributed by atoms with Gasteiger partial charge in [-0.15, -0.1) is 0 Å². The van der Waals surface area contributed by atoms with E-state index in [2.05, 4.69) is 4.66 Å². The van der Waals surface area contributed by atoms with Gasteiger partial charge in [0.2, 0.25) is 9.04 Å². The Hall–Kier alpha value is -0.306. The molecule has 102 valence electrons. The summed E-state index contributed by atoms with van der Waals surface area (Å²) in [5.41, 5.74) is 0. The van der Waals surface area contributed by atoms with Crippen molar-refractivity contribution in [2.75, 3.05) is 0 Å². The Morgan fingerprint density at radius 2 is 1.47 bits per heavy atom. The first-order valence-electron chi connectivity index (χ1n) is 6.20. The zero-order valence-electron chi connectivity index (χ0n) is 11.0. The third-order valence-corrected chi connectivity index (χ3v) is 7.54. The maximum Gasteiger partial charge on any atom is 0.465 e. The van der Waals surface area contributed by atoms with Crippen LogP contribution in [0.15, 0.2) is 4.66 Å². The highest BCUT2D eigenvalue weighted by atomic mass is 28.3. The molecule has 0 N–H and O–H groups in total. The van der Waals surface area contributed by atoms with Gasteiger partial charge in [-0.3, -0.25) is 4.66 Å². The summed E-state index contributed by atoms with van der Waals surface area (Å²) in [4.78, 5) is 0. The number of hydrogen-bond acceptors (Lipinski definition) is 2. The summed E-state index contributed by atoms with van der Waals surface area (Å²) in [5, 5.41) is 0. The summed E-state index contributed by atoms with van der Waals surface area (Å²) in [6.07, 6.45) is -4.43. The minimum absolute atomic E-state index is 0.704. The van der Waals surface area contributed by atoms with Gasteiger partial charge < -0.3 is 4.43 Å². The van der Waals surface area contributed by atoms with Crippen LogP contribution in [0.1, 0.15) is 27.7 Å². The summed E-state index contributed by atoms with van der Waals surface area (Å²) >= 11 is 0. The molecule has 0 aromatic rings. The molecule has 0 radical (unpaired) electrons. The predicted molar refractivity (Wildman–Crippen MR) is 70.8 cm³/mol. The summed E-state index contributed by atoms with van der Waals surface area (Å²) in [6, 6.07) is 2.89. The predicted octanol–water partition coefficient (Wildman–Crippen LogP) is 3.49. The van der Waals surface area contributed by atoms with Crippen LogP contribution in [-0.2, 0) is 4.43 Å². The molecule has 0 aromatic carbocycles. The number of hydrogen-bond donors (Lipinski definition) is 0. The van der Waals surface area contributed by atoms with Crippen molar-refractivity contribution >= 4 is 23.9 Å². The maximum atomic E-state index is 12.8. The zero-order valence-corrected chi connectivity index (χ0v) is 13.3. The van der Waals surface area contributed by atoms with Gasteiger partial charge >= 0.3 is 6.18 Å². The van der Waals surface area contributed by atoms with Crippen LogP contribution < -0.4 is 0 Å². The molecule has 0 bridgehead atoms. The van der Waals surface area contributed by atoms with Gasteiger partial charge in [0.25, 0.3) is 5.90 Å². The molecule has 2 nitrogen and oxygen atoms in total. The van der Waals surface area contributed by atoms with Crippen LogP contribution >= 0.6 is 0 Å². The fourth-order valence-corrected chi connectivity index (χ4v) is 4.44. The topological polar surface area (TPSA) is 21.6 Å². The monoisotopic (exact) mass is 285 g/mol. The van der Waals surface area contributed by atoms with Crippen molar-refractivity contribution < 1.29 is 17.6 Å². The molecular formula is C10H22F3NOSi2. The summed E-state index contributed by atoms with van der Waals surface area (Å²) < 4.78 is 47.3. The van der Waals surface area contributed by atoms with Crippen molar-refractivity contribution in [2.45, 2.75) is 58.0 Å². The molecule has 0 rings (SSSR count). The van der Waals surface area contributed by atoms with E-state index in [-0.39, 0.29) is 0 Å². The normalized spacial score (nSPS) is 13.6. The number of alkyl halides is 3. The molecule has 0 aliphatic carbocycles. The van der Waals surface area contributed by atoms with E-state index in [0.29, 0.717) is 12.1 Å². The SMILES string of the molecule is CC[SiH](CC)/N=C(/O[SiH](CC)CC)C(F)(F)F. The highest BCUT2D eigenvalue weighted by Gasteiger charge is 2.39. The summed E-state index contributed by atoms with van der Waals surface area (Å²) in [6.45, 7) is 7.55. The summed E-state index contributed by atoms with van der Waals surface area (Å²) in [5.74, 6) is -0.946. The Morgan fingerprint density at radius 3 is 1.76 bits per heavy atom. The Bertz CT molecular complexity index is 238. The smallest absolute Gasteiger partial charge is 0.465 e. The molecule has 0 aromatic heterocycles. The van der Waals surface area contributed by atoms with E-state index < -0.39 is 30.1 Å². The van der Waals surface area contributed by atoms with Crippen LogP contribution in [0.4, 0.5) is 13.2 Å². The maximum absolute atomic E-state index is 12.8. The Morgan fingerprint density at radius 1 is 1.00 bits per heavy atom. The molecule has 0 spiro atoms. The first-order chi connectivity index (χ1) is 7.88. The number of nitrogens with zero attached hydrogens (tertiary/aromatic N) is 1. The Labute approximate surface area is 105 Å². The first-order valence-corrected chi connectivity index (χ1v) is 10.5. The van der Waals surface area contributed by atoms with Gasteiger partial charge in [0.1, 0.15) is 0 Å². The van der Waals surface area contributed by atoms with E-state index in [1.165, 1.54) is 0 Å². The Kier molecular flexibility index (Phi) is 7.77. The first kappa shape index (κ1) is 16.7. The van der Waals surface area contributed by atoms with E-state index in [9.17, 15) is 13.2 Å². The highest BCUT2D eigenvalue weighted by Crippen LogP contribution is 2.21. The second kappa shape index (κ2) is 7.91. The molecule has 17 heavy (non-hydrogen) atoms. The quantitative estimate of drug-likeness (QED) is 0.416. The molecular weight excluding hydrogens is 263 g/mol. The lowest BCUT2D eigenvalue weighted by molar-refractivity contribution is -0.0710. The van der Waals surface area contributed by atoms with Crippen molar-refractivity contribution in [1.82, 2.24) is 0 Å². The minimum Gasteiger partial charge on any atom is -0.531 e.